The molecule has 0 atom stereocenters. The minimum atomic E-state index is -0.712. The summed E-state index contributed by atoms with van der Waals surface area (Å²) < 4.78 is 10.1. The van der Waals surface area contributed by atoms with Crippen molar-refractivity contribution in [2.75, 3.05) is 20.8 Å². The zero-order valence-corrected chi connectivity index (χ0v) is 10.3. The number of ether oxygens (including phenoxy) is 2. The van der Waals surface area contributed by atoms with Crippen molar-refractivity contribution in [1.29, 1.82) is 0 Å². The molecule has 1 aromatic rings. The Balaban J connectivity index is 3.14. The summed E-state index contributed by atoms with van der Waals surface area (Å²) >= 11 is 0. The molecule has 0 bridgehead atoms. The van der Waals surface area contributed by atoms with Crippen LogP contribution in [-0.2, 0) is 4.79 Å². The highest BCUT2D eigenvalue weighted by Crippen LogP contribution is 2.33. The number of nitro groups is 1. The average Bonchev–Trinajstić information content (AvgIpc) is 2.43. The Bertz CT molecular complexity index is 514. The maximum Gasteiger partial charge on any atom is 0.283 e. The van der Waals surface area contributed by atoms with Crippen molar-refractivity contribution >= 4 is 17.9 Å². The number of carbonyl (C=O) groups excluding carboxylic acids is 2. The fourth-order valence-electron chi connectivity index (χ4n) is 1.31. The predicted octanol–water partition coefficient (Wildman–Crippen LogP) is 0.541. The van der Waals surface area contributed by atoms with Gasteiger partial charge in [-0.15, -0.1) is 0 Å². The van der Waals surface area contributed by atoms with Crippen molar-refractivity contribution in [2.45, 2.75) is 0 Å². The normalized spacial score (nSPS) is 9.58. The maximum atomic E-state index is 11.1. The summed E-state index contributed by atoms with van der Waals surface area (Å²) in [5.41, 5.74) is -0.545. The molecule has 0 fully saturated rings. The molecule has 1 rings (SSSR count). The van der Waals surface area contributed by atoms with Crippen LogP contribution in [0.1, 0.15) is 10.4 Å². The Morgan fingerprint density at radius 1 is 1.47 bits per heavy atom. The molecule has 19 heavy (non-hydrogen) atoms. The molecule has 1 aromatic carbocycles. The van der Waals surface area contributed by atoms with Crippen LogP contribution in [0.25, 0.3) is 0 Å². The van der Waals surface area contributed by atoms with Gasteiger partial charge in [-0.1, -0.05) is 0 Å². The second-order valence-electron chi connectivity index (χ2n) is 3.40. The quantitative estimate of drug-likeness (QED) is 0.458. The number of nitrogens with zero attached hydrogens (tertiary/aromatic N) is 1. The molecular weight excluding hydrogens is 256 g/mol. The van der Waals surface area contributed by atoms with E-state index in [4.69, 9.17) is 9.47 Å². The zero-order chi connectivity index (χ0) is 14.4. The molecule has 0 radical (unpaired) electrons. The zero-order valence-electron chi connectivity index (χ0n) is 10.3. The van der Waals surface area contributed by atoms with Crippen molar-refractivity contribution in [3.63, 3.8) is 0 Å². The summed E-state index contributed by atoms with van der Waals surface area (Å²) in [6, 6.07) is 2.23. The van der Waals surface area contributed by atoms with Crippen LogP contribution in [0.15, 0.2) is 12.1 Å². The third-order valence-corrected chi connectivity index (χ3v) is 2.27. The number of likely N-dealkylation sites (N-methyl/N-ethyl adjacent to an activating group) is 1. The van der Waals surface area contributed by atoms with E-state index in [0.29, 0.717) is 6.29 Å². The van der Waals surface area contributed by atoms with Gasteiger partial charge >= 0.3 is 0 Å². The Morgan fingerprint density at radius 3 is 2.63 bits per heavy atom. The molecule has 0 aromatic heterocycles. The minimum Gasteiger partial charge on any atom is -0.493 e. The Hall–Kier alpha value is -2.64. The lowest BCUT2D eigenvalue weighted by Crippen LogP contribution is -2.25. The molecule has 0 saturated heterocycles. The summed E-state index contributed by atoms with van der Waals surface area (Å²) in [6.45, 7) is -0.315. The molecule has 1 amide bonds. The largest absolute Gasteiger partial charge is 0.493 e. The van der Waals surface area contributed by atoms with E-state index in [1.54, 1.807) is 0 Å². The first kappa shape index (κ1) is 14.4. The number of methoxy groups -OCH3 is 1. The smallest absolute Gasteiger partial charge is 0.283 e. The number of hydrogen-bond acceptors (Lipinski definition) is 6. The molecule has 0 aliphatic rings. The summed E-state index contributed by atoms with van der Waals surface area (Å²) in [6.07, 6.45) is 0.350. The van der Waals surface area contributed by atoms with Gasteiger partial charge in [-0.25, -0.2) is 0 Å². The highest BCUT2D eigenvalue weighted by Gasteiger charge is 2.19. The van der Waals surface area contributed by atoms with Crippen LogP contribution in [0, 0.1) is 10.1 Å². The van der Waals surface area contributed by atoms with Crippen LogP contribution in [0.4, 0.5) is 5.69 Å². The first-order valence-electron chi connectivity index (χ1n) is 5.18. The van der Waals surface area contributed by atoms with E-state index in [9.17, 15) is 19.7 Å². The second kappa shape index (κ2) is 6.34. The number of hydrogen-bond donors (Lipinski definition) is 1. The first-order chi connectivity index (χ1) is 9.03. The lowest BCUT2D eigenvalue weighted by atomic mass is 10.1. The van der Waals surface area contributed by atoms with Crippen molar-refractivity contribution in [3.8, 4) is 11.5 Å². The van der Waals surface area contributed by atoms with Crippen LogP contribution >= 0.6 is 0 Å². The molecule has 8 heteroatoms. The van der Waals surface area contributed by atoms with Gasteiger partial charge in [0, 0.05) is 13.1 Å². The van der Waals surface area contributed by atoms with E-state index in [1.165, 1.54) is 20.2 Å². The molecule has 1 N–H and O–H groups in total. The summed E-state index contributed by atoms with van der Waals surface area (Å²) in [5, 5.41) is 13.1. The molecular formula is C11H12N2O6. The van der Waals surface area contributed by atoms with E-state index in [-0.39, 0.29) is 23.7 Å². The number of nitrogens with one attached hydrogen (secondary N) is 1. The number of amides is 1. The fourth-order valence-corrected chi connectivity index (χ4v) is 1.31. The van der Waals surface area contributed by atoms with Gasteiger partial charge in [0.05, 0.1) is 23.7 Å². The minimum absolute atomic E-state index is 0.0170. The summed E-state index contributed by atoms with van der Waals surface area (Å²) in [5.74, 6) is -0.246. The van der Waals surface area contributed by atoms with Crippen molar-refractivity contribution in [3.05, 3.63) is 27.8 Å². The lowest BCUT2D eigenvalue weighted by molar-refractivity contribution is -0.385. The molecule has 8 nitrogen and oxygen atoms in total. The number of benzene rings is 1. The van der Waals surface area contributed by atoms with E-state index in [2.05, 4.69) is 5.32 Å². The van der Waals surface area contributed by atoms with Gasteiger partial charge in [0.1, 0.15) is 0 Å². The van der Waals surface area contributed by atoms with Crippen LogP contribution in [-0.4, -0.2) is 37.9 Å². The van der Waals surface area contributed by atoms with E-state index in [0.717, 1.165) is 6.07 Å². The van der Waals surface area contributed by atoms with Crippen LogP contribution in [0.2, 0.25) is 0 Å². The Labute approximate surface area is 108 Å². The van der Waals surface area contributed by atoms with Crippen molar-refractivity contribution < 1.29 is 24.0 Å². The number of carbonyl (C=O) groups is 2. The SMILES string of the molecule is CNC(=O)COc1cc([N+](=O)[O-])c(C=O)cc1OC. The molecule has 0 aliphatic carbocycles. The van der Waals surface area contributed by atoms with Gasteiger partial charge in [0.25, 0.3) is 11.6 Å². The van der Waals surface area contributed by atoms with Gasteiger partial charge in [-0.3, -0.25) is 19.7 Å². The number of rotatable bonds is 6. The third-order valence-electron chi connectivity index (χ3n) is 2.27. The maximum absolute atomic E-state index is 11.1. The van der Waals surface area contributed by atoms with E-state index < -0.39 is 16.5 Å². The van der Waals surface area contributed by atoms with Gasteiger partial charge in [-0.05, 0) is 0 Å². The van der Waals surface area contributed by atoms with Crippen LogP contribution < -0.4 is 14.8 Å². The predicted molar refractivity (Wildman–Crippen MR) is 64.6 cm³/mol. The van der Waals surface area contributed by atoms with Crippen molar-refractivity contribution in [2.24, 2.45) is 0 Å². The summed E-state index contributed by atoms with van der Waals surface area (Å²) in [7, 11) is 2.75. The fraction of sp³-hybridized carbons (Fsp3) is 0.273. The number of nitro benzene ring substituents is 1. The topological polar surface area (TPSA) is 108 Å². The molecule has 0 heterocycles. The van der Waals surface area contributed by atoms with Gasteiger partial charge in [-0.2, -0.15) is 0 Å². The van der Waals surface area contributed by atoms with Crippen molar-refractivity contribution in [1.82, 2.24) is 5.32 Å². The van der Waals surface area contributed by atoms with E-state index >= 15 is 0 Å². The molecule has 0 unspecified atom stereocenters. The third kappa shape index (κ3) is 3.41. The van der Waals surface area contributed by atoms with Gasteiger partial charge in [0.15, 0.2) is 24.4 Å². The number of aldehydes is 1. The second-order valence-corrected chi connectivity index (χ2v) is 3.40. The van der Waals surface area contributed by atoms with Crippen LogP contribution in [0.3, 0.4) is 0 Å². The average molecular weight is 268 g/mol. The molecule has 102 valence electrons. The Morgan fingerprint density at radius 2 is 2.16 bits per heavy atom. The van der Waals surface area contributed by atoms with Gasteiger partial charge in [0.2, 0.25) is 0 Å². The molecule has 0 aliphatic heterocycles. The molecule has 0 spiro atoms. The Kier molecular flexibility index (Phi) is 4.81. The lowest BCUT2D eigenvalue weighted by Gasteiger charge is -2.10. The van der Waals surface area contributed by atoms with E-state index in [1.807, 2.05) is 0 Å². The highest BCUT2D eigenvalue weighted by molar-refractivity contribution is 5.83. The monoisotopic (exact) mass is 268 g/mol. The highest BCUT2D eigenvalue weighted by atomic mass is 16.6. The standard InChI is InChI=1S/C11H12N2O6/c1-12-11(15)6-19-10-4-8(13(16)17)7(5-14)3-9(10)18-2/h3-5H,6H2,1-2H3,(H,12,15). The molecule has 0 saturated carbocycles. The van der Waals surface area contributed by atoms with Gasteiger partial charge < -0.3 is 14.8 Å². The van der Waals surface area contributed by atoms with Crippen LogP contribution in [0.5, 0.6) is 11.5 Å². The summed E-state index contributed by atoms with van der Waals surface area (Å²) in [4.78, 5) is 31.9. The first-order valence-corrected chi connectivity index (χ1v) is 5.18.